The minimum absolute atomic E-state index is 0.0749. The van der Waals surface area contributed by atoms with Gasteiger partial charge in [-0.3, -0.25) is 37.3 Å². The zero-order valence-corrected chi connectivity index (χ0v) is 64.9. The van der Waals surface area contributed by atoms with Gasteiger partial charge in [-0.15, -0.1) is 0 Å². The van der Waals surface area contributed by atoms with E-state index in [2.05, 4.69) is 113 Å². The van der Waals surface area contributed by atoms with E-state index in [1.54, 1.807) is 0 Å². The molecule has 578 valence electrons. The van der Waals surface area contributed by atoms with E-state index in [0.717, 1.165) is 135 Å². The second-order valence-corrected chi connectivity index (χ2v) is 29.2. The first-order chi connectivity index (χ1) is 48.7. The fourth-order valence-electron chi connectivity index (χ4n) is 10.5. The van der Waals surface area contributed by atoms with Crippen LogP contribution in [0.4, 0.5) is 0 Å². The number of hydrogen-bond acceptors (Lipinski definition) is 15. The summed E-state index contributed by atoms with van der Waals surface area (Å²) in [6.45, 7) is 4.74. The van der Waals surface area contributed by atoms with Gasteiger partial charge in [-0.2, -0.15) is 0 Å². The molecule has 0 saturated carbocycles. The number of ether oxygens (including phenoxy) is 4. The van der Waals surface area contributed by atoms with Crippen LogP contribution in [0.5, 0.6) is 0 Å². The Balaban J connectivity index is 5.40. The number of allylic oxidation sites excluding steroid dienone is 16. The van der Waals surface area contributed by atoms with Crippen LogP contribution in [0.1, 0.15) is 336 Å². The molecular weight excluding hydrogens is 1310 g/mol. The van der Waals surface area contributed by atoms with Crippen molar-refractivity contribution >= 4 is 39.5 Å². The molecule has 0 bridgehead atoms. The quantitative estimate of drug-likeness (QED) is 0.0128. The average molecular weight is 1450 g/mol. The summed E-state index contributed by atoms with van der Waals surface area (Å²) in [5.74, 6) is -2.26. The number of carbonyl (C=O) groups is 4. The lowest BCUT2D eigenvalue weighted by molar-refractivity contribution is -0.161. The topological polar surface area (TPSA) is 237 Å². The molecule has 17 nitrogen and oxygen atoms in total. The van der Waals surface area contributed by atoms with Gasteiger partial charge in [0.2, 0.25) is 0 Å². The zero-order valence-electron chi connectivity index (χ0n) is 63.1. The van der Waals surface area contributed by atoms with Gasteiger partial charge in [0.05, 0.1) is 26.4 Å². The van der Waals surface area contributed by atoms with E-state index < -0.39 is 97.5 Å². The number of aliphatic hydroxyl groups excluding tert-OH is 1. The van der Waals surface area contributed by atoms with E-state index in [0.29, 0.717) is 32.1 Å². The summed E-state index contributed by atoms with van der Waals surface area (Å²) in [7, 11) is -9.97. The highest BCUT2D eigenvalue weighted by molar-refractivity contribution is 7.47. The average Bonchev–Trinajstić information content (AvgIpc) is 0.965. The van der Waals surface area contributed by atoms with Crippen molar-refractivity contribution in [3.63, 3.8) is 0 Å². The Morgan fingerprint density at radius 1 is 0.290 bits per heavy atom. The molecule has 0 aliphatic heterocycles. The molecule has 0 heterocycles. The summed E-state index contributed by atoms with van der Waals surface area (Å²) < 4.78 is 68.5. The molecule has 0 radical (unpaired) electrons. The van der Waals surface area contributed by atoms with Crippen molar-refractivity contribution in [3.05, 3.63) is 97.2 Å². The van der Waals surface area contributed by atoms with Crippen molar-refractivity contribution in [2.24, 2.45) is 0 Å². The lowest BCUT2D eigenvalue weighted by Gasteiger charge is -2.21. The third-order valence-electron chi connectivity index (χ3n) is 16.5. The van der Waals surface area contributed by atoms with Crippen LogP contribution in [0.15, 0.2) is 97.2 Å². The maximum Gasteiger partial charge on any atom is 0.472 e. The normalized spacial score (nSPS) is 14.4. The maximum atomic E-state index is 13.1. The van der Waals surface area contributed by atoms with Crippen LogP contribution in [0.25, 0.3) is 0 Å². The van der Waals surface area contributed by atoms with Crippen molar-refractivity contribution in [1.82, 2.24) is 0 Å². The van der Waals surface area contributed by atoms with Gasteiger partial charge in [-0.25, -0.2) is 9.13 Å². The first-order valence-corrected chi connectivity index (χ1v) is 42.5. The minimum Gasteiger partial charge on any atom is -0.462 e. The lowest BCUT2D eigenvalue weighted by Crippen LogP contribution is -2.30. The molecule has 0 aliphatic rings. The number of rotatable bonds is 74. The van der Waals surface area contributed by atoms with Crippen molar-refractivity contribution in [2.45, 2.75) is 354 Å². The van der Waals surface area contributed by atoms with Crippen LogP contribution in [-0.2, 0) is 65.4 Å². The Labute approximate surface area is 607 Å². The molecule has 0 aromatic heterocycles. The molecule has 0 rings (SSSR count). The van der Waals surface area contributed by atoms with Crippen LogP contribution in [0.3, 0.4) is 0 Å². The number of aliphatic hydroxyl groups is 1. The standard InChI is InChI=1S/C81H142O17P2/c1-5-9-13-17-21-25-29-33-36-37-40-43-46-50-54-58-62-66-79(84)92-71-76(97-80(85)67-63-59-55-51-47-41-32-28-24-20-16-12-8-4)73-95-99(87,88)93-69-75(82)70-94-100(89,90)96-74-77(98-81(86)68-64-60-56-52-48-44-39-35-31-27-23-19-15-11-7-3)72-91-78(83)65-61-57-53-49-45-42-38-34-30-26-22-18-14-10-6-2/h21,23,25-27,30,33-36,38-40,43,50,54,75-77,82H,5-20,22,24,28-29,31-32,37,41-42,44-49,51-53,55-74H2,1-4H3,(H,87,88)(H,89,90)/b25-21-,27-23-,30-26-,36-33-,38-34-,39-35-,43-40-,54-50-/t75-,76-,77-/m1/s1. The SMILES string of the molecule is CCCCC/C=C\C/C=C\C/C=C\C/C=C\CCCC(=O)OC[C@H](COP(=O)(O)OC[C@@H](O)COP(=O)(O)OC[C@@H](COC(=O)CCCCCCC/C=C\C=C/CCCCCC)OC(=O)CCCCCCC/C=C\C/C=C\CCCCC)OC(=O)CCCCCCCCCCCCCCC. The Kier molecular flexibility index (Phi) is 70.4. The smallest absolute Gasteiger partial charge is 0.462 e. The van der Waals surface area contributed by atoms with E-state index in [9.17, 15) is 43.2 Å². The number of phosphoric acid groups is 2. The molecule has 0 aromatic rings. The molecular formula is C81H142O17P2. The predicted molar refractivity (Wildman–Crippen MR) is 409 cm³/mol. The van der Waals surface area contributed by atoms with Gasteiger partial charge >= 0.3 is 39.5 Å². The Hall–Kier alpha value is -4.02. The Morgan fingerprint density at radius 3 is 0.880 bits per heavy atom. The zero-order chi connectivity index (χ0) is 73.2. The van der Waals surface area contributed by atoms with Crippen molar-refractivity contribution < 1.29 is 80.2 Å². The third kappa shape index (κ3) is 72.3. The molecule has 100 heavy (non-hydrogen) atoms. The van der Waals surface area contributed by atoms with Crippen molar-refractivity contribution in [3.8, 4) is 0 Å². The molecule has 19 heteroatoms. The summed E-state index contributed by atoms with van der Waals surface area (Å²) >= 11 is 0. The van der Waals surface area contributed by atoms with E-state index in [-0.39, 0.29) is 25.7 Å². The van der Waals surface area contributed by atoms with Gasteiger partial charge in [0.25, 0.3) is 0 Å². The summed E-state index contributed by atoms with van der Waals surface area (Å²) in [6.07, 6.45) is 76.8. The molecule has 0 saturated heterocycles. The maximum absolute atomic E-state index is 13.1. The first kappa shape index (κ1) is 96.0. The molecule has 0 amide bonds. The third-order valence-corrected chi connectivity index (χ3v) is 18.4. The van der Waals surface area contributed by atoms with Gasteiger partial charge in [0.15, 0.2) is 12.2 Å². The van der Waals surface area contributed by atoms with Gasteiger partial charge < -0.3 is 33.8 Å². The largest absolute Gasteiger partial charge is 0.472 e. The van der Waals surface area contributed by atoms with Crippen LogP contribution in [0.2, 0.25) is 0 Å². The molecule has 0 aliphatic carbocycles. The molecule has 0 spiro atoms. The van der Waals surface area contributed by atoms with E-state index in [1.807, 2.05) is 12.2 Å². The van der Waals surface area contributed by atoms with Crippen LogP contribution in [-0.4, -0.2) is 96.7 Å². The van der Waals surface area contributed by atoms with Gasteiger partial charge in [0, 0.05) is 25.7 Å². The summed E-state index contributed by atoms with van der Waals surface area (Å²) in [6, 6.07) is 0. The Morgan fingerprint density at radius 2 is 0.530 bits per heavy atom. The van der Waals surface area contributed by atoms with Gasteiger partial charge in [-0.1, -0.05) is 285 Å². The molecule has 2 unspecified atom stereocenters. The van der Waals surface area contributed by atoms with Crippen molar-refractivity contribution in [1.29, 1.82) is 0 Å². The Bertz CT molecular complexity index is 2270. The number of unbranched alkanes of at least 4 members (excludes halogenated alkanes) is 33. The molecule has 3 N–H and O–H groups in total. The monoisotopic (exact) mass is 1450 g/mol. The van der Waals surface area contributed by atoms with E-state index in [1.165, 1.54) is 116 Å². The van der Waals surface area contributed by atoms with Gasteiger partial charge in [0.1, 0.15) is 19.3 Å². The lowest BCUT2D eigenvalue weighted by atomic mass is 10.0. The highest BCUT2D eigenvalue weighted by atomic mass is 31.2. The fraction of sp³-hybridized carbons (Fsp3) is 0.753. The summed E-state index contributed by atoms with van der Waals surface area (Å²) in [4.78, 5) is 72.9. The van der Waals surface area contributed by atoms with E-state index in [4.69, 9.17) is 37.0 Å². The van der Waals surface area contributed by atoms with Crippen molar-refractivity contribution in [2.75, 3.05) is 39.6 Å². The van der Waals surface area contributed by atoms with Crippen LogP contribution >= 0.6 is 15.6 Å². The van der Waals surface area contributed by atoms with Crippen LogP contribution < -0.4 is 0 Å². The van der Waals surface area contributed by atoms with Gasteiger partial charge in [-0.05, 0) is 122 Å². The molecule has 5 atom stereocenters. The second-order valence-electron chi connectivity index (χ2n) is 26.3. The number of hydrogen-bond donors (Lipinski definition) is 3. The second kappa shape index (κ2) is 73.3. The highest BCUT2D eigenvalue weighted by Gasteiger charge is 2.30. The van der Waals surface area contributed by atoms with E-state index >= 15 is 0 Å². The highest BCUT2D eigenvalue weighted by Crippen LogP contribution is 2.45. The summed E-state index contributed by atoms with van der Waals surface area (Å²) in [5.41, 5.74) is 0. The molecule has 0 fully saturated rings. The fourth-order valence-corrected chi connectivity index (χ4v) is 12.0. The van der Waals surface area contributed by atoms with Crippen LogP contribution in [0, 0.1) is 0 Å². The molecule has 0 aromatic carbocycles. The minimum atomic E-state index is -4.99. The number of phosphoric ester groups is 2. The number of carbonyl (C=O) groups excluding carboxylic acids is 4. The predicted octanol–water partition coefficient (Wildman–Crippen LogP) is 22.8. The number of esters is 4. The first-order valence-electron chi connectivity index (χ1n) is 39.5. The summed E-state index contributed by atoms with van der Waals surface area (Å²) in [5, 5.41) is 10.6.